The standard InChI is InChI=1S/C12H12F2N2O2/c1-3-18-11(17)5-9-8(6-15)7(2)4-10(16-9)12(13)14/h4,12H,3,5H2,1-2H3. The van der Waals surface area contributed by atoms with Gasteiger partial charge in [0.25, 0.3) is 6.43 Å². The van der Waals surface area contributed by atoms with Crippen LogP contribution in [0.25, 0.3) is 0 Å². The number of esters is 1. The average Bonchev–Trinajstić information content (AvgIpc) is 2.28. The highest BCUT2D eigenvalue weighted by Crippen LogP contribution is 2.21. The van der Waals surface area contributed by atoms with Crippen LogP contribution >= 0.6 is 0 Å². The third-order valence-electron chi connectivity index (χ3n) is 2.26. The molecule has 0 aliphatic carbocycles. The summed E-state index contributed by atoms with van der Waals surface area (Å²) in [7, 11) is 0. The summed E-state index contributed by atoms with van der Waals surface area (Å²) in [5.41, 5.74) is 0.117. The number of nitrogens with zero attached hydrogens (tertiary/aromatic N) is 2. The van der Waals surface area contributed by atoms with E-state index < -0.39 is 18.1 Å². The fraction of sp³-hybridized carbons (Fsp3) is 0.417. The van der Waals surface area contributed by atoms with Gasteiger partial charge in [0.1, 0.15) is 11.8 Å². The minimum atomic E-state index is -2.74. The maximum Gasteiger partial charge on any atom is 0.311 e. The number of hydrogen-bond donors (Lipinski definition) is 0. The molecule has 0 aliphatic rings. The highest BCUT2D eigenvalue weighted by atomic mass is 19.3. The van der Waals surface area contributed by atoms with E-state index in [2.05, 4.69) is 4.98 Å². The topological polar surface area (TPSA) is 63.0 Å². The number of nitriles is 1. The molecule has 0 radical (unpaired) electrons. The fourth-order valence-electron chi connectivity index (χ4n) is 1.51. The molecule has 0 aromatic carbocycles. The summed E-state index contributed by atoms with van der Waals surface area (Å²) >= 11 is 0. The Morgan fingerprint density at radius 1 is 1.61 bits per heavy atom. The number of carbonyl (C=O) groups excluding carboxylic acids is 1. The third kappa shape index (κ3) is 3.23. The molecule has 0 saturated heterocycles. The van der Waals surface area contributed by atoms with Crippen molar-refractivity contribution in [2.45, 2.75) is 26.7 Å². The molecule has 0 bridgehead atoms. The van der Waals surface area contributed by atoms with Gasteiger partial charge in [-0.1, -0.05) is 0 Å². The van der Waals surface area contributed by atoms with Crippen LogP contribution in [0.1, 0.15) is 35.9 Å². The SMILES string of the molecule is CCOC(=O)Cc1nc(C(F)F)cc(C)c1C#N. The highest BCUT2D eigenvalue weighted by molar-refractivity contribution is 5.73. The van der Waals surface area contributed by atoms with Crippen LogP contribution in [0.2, 0.25) is 0 Å². The van der Waals surface area contributed by atoms with Crippen LogP contribution in [0.15, 0.2) is 6.07 Å². The zero-order valence-corrected chi connectivity index (χ0v) is 10.0. The van der Waals surface area contributed by atoms with Gasteiger partial charge in [0.05, 0.1) is 24.3 Å². The summed E-state index contributed by atoms with van der Waals surface area (Å²) < 4.78 is 29.9. The van der Waals surface area contributed by atoms with Gasteiger partial charge in [0.15, 0.2) is 0 Å². The molecule has 1 aromatic rings. The lowest BCUT2D eigenvalue weighted by atomic mass is 10.1. The van der Waals surface area contributed by atoms with Crippen LogP contribution in [0, 0.1) is 18.3 Å². The molecule has 0 saturated carbocycles. The molecule has 96 valence electrons. The van der Waals surface area contributed by atoms with Gasteiger partial charge in [0, 0.05) is 0 Å². The predicted octanol–water partition coefficient (Wildman–Crippen LogP) is 2.30. The molecule has 0 N–H and O–H groups in total. The number of carbonyl (C=O) groups is 1. The normalized spacial score (nSPS) is 10.2. The smallest absolute Gasteiger partial charge is 0.311 e. The van der Waals surface area contributed by atoms with E-state index in [9.17, 15) is 13.6 Å². The van der Waals surface area contributed by atoms with Crippen molar-refractivity contribution in [1.29, 1.82) is 5.26 Å². The summed E-state index contributed by atoms with van der Waals surface area (Å²) in [6.45, 7) is 3.35. The van der Waals surface area contributed by atoms with E-state index in [4.69, 9.17) is 10.00 Å². The minimum Gasteiger partial charge on any atom is -0.466 e. The largest absolute Gasteiger partial charge is 0.466 e. The maximum absolute atomic E-state index is 12.6. The minimum absolute atomic E-state index is 0.0336. The van der Waals surface area contributed by atoms with Crippen LogP contribution in [0.3, 0.4) is 0 Å². The molecule has 0 spiro atoms. The lowest BCUT2D eigenvalue weighted by Gasteiger charge is -2.08. The zero-order valence-electron chi connectivity index (χ0n) is 10.0. The van der Waals surface area contributed by atoms with Crippen molar-refractivity contribution in [1.82, 2.24) is 4.98 Å². The van der Waals surface area contributed by atoms with Gasteiger partial charge in [-0.2, -0.15) is 5.26 Å². The van der Waals surface area contributed by atoms with Crippen LogP contribution in [-0.2, 0) is 16.0 Å². The second kappa shape index (κ2) is 6.05. The lowest BCUT2D eigenvalue weighted by Crippen LogP contribution is -2.12. The Hall–Kier alpha value is -2.03. The van der Waals surface area contributed by atoms with Crippen molar-refractivity contribution in [2.24, 2.45) is 0 Å². The summed E-state index contributed by atoms with van der Waals surface area (Å²) in [6.07, 6.45) is -3.02. The number of ether oxygens (including phenoxy) is 1. The highest BCUT2D eigenvalue weighted by Gasteiger charge is 2.18. The number of rotatable bonds is 4. The molecule has 1 rings (SSSR count). The molecular weight excluding hydrogens is 242 g/mol. The number of pyridine rings is 1. The van der Waals surface area contributed by atoms with E-state index >= 15 is 0 Å². The predicted molar refractivity (Wildman–Crippen MR) is 59.0 cm³/mol. The summed E-state index contributed by atoms with van der Waals surface area (Å²) in [5.74, 6) is -0.590. The van der Waals surface area contributed by atoms with Crippen molar-refractivity contribution < 1.29 is 18.3 Å². The molecule has 0 aliphatic heterocycles. The average molecular weight is 254 g/mol. The van der Waals surface area contributed by atoms with Gasteiger partial charge in [-0.15, -0.1) is 0 Å². The Kier molecular flexibility index (Phi) is 4.72. The Morgan fingerprint density at radius 2 is 2.28 bits per heavy atom. The third-order valence-corrected chi connectivity index (χ3v) is 2.26. The van der Waals surface area contributed by atoms with Crippen LogP contribution in [0.4, 0.5) is 8.78 Å². The van der Waals surface area contributed by atoms with E-state index in [1.54, 1.807) is 6.92 Å². The number of aromatic nitrogens is 1. The Balaban J connectivity index is 3.15. The molecule has 6 heteroatoms. The second-order valence-corrected chi connectivity index (χ2v) is 3.58. The molecule has 1 heterocycles. The first-order chi connectivity index (χ1) is 8.49. The molecule has 0 fully saturated rings. The Labute approximate surface area is 103 Å². The molecule has 0 atom stereocenters. The molecule has 18 heavy (non-hydrogen) atoms. The van der Waals surface area contributed by atoms with Crippen molar-refractivity contribution in [3.8, 4) is 6.07 Å². The van der Waals surface area contributed by atoms with E-state index in [1.807, 2.05) is 6.07 Å². The molecule has 0 amide bonds. The van der Waals surface area contributed by atoms with Gasteiger partial charge in [0.2, 0.25) is 0 Å². The molecule has 1 aromatic heterocycles. The van der Waals surface area contributed by atoms with Crippen molar-refractivity contribution in [3.63, 3.8) is 0 Å². The molecule has 4 nitrogen and oxygen atoms in total. The Morgan fingerprint density at radius 3 is 2.78 bits per heavy atom. The van der Waals surface area contributed by atoms with E-state index in [0.29, 0.717) is 5.56 Å². The van der Waals surface area contributed by atoms with Gasteiger partial charge in [-0.05, 0) is 25.5 Å². The van der Waals surface area contributed by atoms with Gasteiger partial charge >= 0.3 is 5.97 Å². The van der Waals surface area contributed by atoms with E-state index in [-0.39, 0.29) is 24.3 Å². The van der Waals surface area contributed by atoms with Crippen LogP contribution in [-0.4, -0.2) is 17.6 Å². The summed E-state index contributed by atoms with van der Waals surface area (Å²) in [4.78, 5) is 15.0. The monoisotopic (exact) mass is 254 g/mol. The van der Waals surface area contributed by atoms with Crippen molar-refractivity contribution in [3.05, 3.63) is 28.6 Å². The first kappa shape index (κ1) is 14.0. The molecule has 0 unspecified atom stereocenters. The first-order valence-corrected chi connectivity index (χ1v) is 5.33. The van der Waals surface area contributed by atoms with Gasteiger partial charge in [-0.3, -0.25) is 4.79 Å². The summed E-state index contributed by atoms with van der Waals surface area (Å²) in [6, 6.07) is 3.01. The Bertz CT molecular complexity index is 496. The number of halogens is 2. The van der Waals surface area contributed by atoms with Crippen molar-refractivity contribution in [2.75, 3.05) is 6.61 Å². The van der Waals surface area contributed by atoms with Crippen LogP contribution < -0.4 is 0 Å². The number of aryl methyl sites for hydroxylation is 1. The second-order valence-electron chi connectivity index (χ2n) is 3.58. The van der Waals surface area contributed by atoms with Gasteiger partial charge < -0.3 is 4.74 Å². The van der Waals surface area contributed by atoms with Crippen molar-refractivity contribution >= 4 is 5.97 Å². The maximum atomic E-state index is 12.6. The fourth-order valence-corrected chi connectivity index (χ4v) is 1.51. The first-order valence-electron chi connectivity index (χ1n) is 5.33. The summed E-state index contributed by atoms with van der Waals surface area (Å²) in [5, 5.41) is 8.94. The number of alkyl halides is 2. The number of hydrogen-bond acceptors (Lipinski definition) is 4. The molecular formula is C12H12F2N2O2. The van der Waals surface area contributed by atoms with E-state index in [0.717, 1.165) is 6.07 Å². The lowest BCUT2D eigenvalue weighted by molar-refractivity contribution is -0.142. The zero-order chi connectivity index (χ0) is 13.7. The quantitative estimate of drug-likeness (QED) is 0.773. The van der Waals surface area contributed by atoms with E-state index in [1.165, 1.54) is 6.92 Å². The van der Waals surface area contributed by atoms with Gasteiger partial charge in [-0.25, -0.2) is 13.8 Å². The van der Waals surface area contributed by atoms with Crippen LogP contribution in [0.5, 0.6) is 0 Å².